The van der Waals surface area contributed by atoms with E-state index in [0.717, 1.165) is 21.2 Å². The van der Waals surface area contributed by atoms with Gasteiger partial charge in [0.25, 0.3) is 0 Å². The van der Waals surface area contributed by atoms with Crippen molar-refractivity contribution in [1.82, 2.24) is 5.32 Å². The molecular weight excluding hydrogens is 1100 g/mol. The van der Waals surface area contributed by atoms with Crippen molar-refractivity contribution in [2.24, 2.45) is 5.73 Å². The predicted octanol–water partition coefficient (Wildman–Crippen LogP) is 10.5. The standard InChI is InChI=1S/C20H14O6P2S4.C14H13NO3P2S4.C7H6O3.CH5N/c21-13-5-9-15(10-6-13)27(29)31-28(30,32-27)16-11-7-14(8-12-16)25-20(24)26-18-4-2-1-3-17(18)19(22)23;1-15-14(17)18-11-4-8-13(9-5-11)20(22)23-19(21,24-20)12-6-2-10(16)3-7-12;8-6-4-2-1-3-5(6)7(9)10;1-2/h1-12,21H,(H,22,23);2-9,16H,1H3,(H,15,17);1-4,8H,(H,9,10);2H2,1H3. The van der Waals surface area contributed by atoms with Crippen LogP contribution in [-0.4, -0.2) is 63.8 Å². The van der Waals surface area contributed by atoms with Crippen LogP contribution < -0.4 is 46.5 Å². The number of hydrogen-bond donors (Lipinski definition) is 7. The number of nitrogens with one attached hydrogen (secondary N) is 1. The highest BCUT2D eigenvalue weighted by Gasteiger charge is 2.47. The first-order valence-electron chi connectivity index (χ1n) is 19.0. The van der Waals surface area contributed by atoms with Gasteiger partial charge >= 0.3 is 24.2 Å². The number of carbonyl (C=O) groups excluding carboxylic acids is 2. The van der Waals surface area contributed by atoms with Crippen molar-refractivity contribution in [2.45, 2.75) is 0 Å². The summed E-state index contributed by atoms with van der Waals surface area (Å²) in [6.45, 7) is 0. The molecule has 0 aromatic heterocycles. The molecule has 6 aromatic carbocycles. The summed E-state index contributed by atoms with van der Waals surface area (Å²) in [6, 6.07) is 39.9. The second-order valence-corrected chi connectivity index (χ2v) is 55.6. The van der Waals surface area contributed by atoms with Crippen molar-refractivity contribution in [3.05, 3.63) is 157 Å². The first-order chi connectivity index (χ1) is 32.2. The quantitative estimate of drug-likeness (QED) is 0.0405. The molecule has 1 amide bonds. The number of rotatable bonds is 9. The number of ether oxygens (including phenoxy) is 3. The van der Waals surface area contributed by atoms with E-state index in [0.29, 0.717) is 5.75 Å². The van der Waals surface area contributed by atoms with Crippen LogP contribution in [0.3, 0.4) is 0 Å². The Balaban J connectivity index is 0.000000210. The minimum Gasteiger partial charge on any atom is -0.508 e. The normalized spacial score (nSPS) is 20.8. The Labute approximate surface area is 426 Å². The van der Waals surface area contributed by atoms with Crippen LogP contribution in [0.5, 0.6) is 34.5 Å². The zero-order chi connectivity index (χ0) is 49.9. The second kappa shape index (κ2) is 24.3. The zero-order valence-corrected chi connectivity index (χ0v) is 45.2. The molecule has 0 unspecified atom stereocenters. The average Bonchev–Trinajstić information content (AvgIpc) is 3.30. The van der Waals surface area contributed by atoms with Gasteiger partial charge in [0.05, 0.1) is 17.8 Å². The van der Waals surface area contributed by atoms with Crippen molar-refractivity contribution in [3.63, 3.8) is 0 Å². The van der Waals surface area contributed by atoms with Gasteiger partial charge < -0.3 is 50.8 Å². The van der Waals surface area contributed by atoms with Gasteiger partial charge in [0.2, 0.25) is 0 Å². The number of carboxylic acid groups (broad SMARTS) is 2. The van der Waals surface area contributed by atoms with Crippen LogP contribution in [-0.2, 0) is 47.2 Å². The fourth-order valence-electron chi connectivity index (χ4n) is 5.37. The smallest absolute Gasteiger partial charge is 0.508 e. The highest BCUT2D eigenvalue weighted by Crippen LogP contribution is 3.04. The molecule has 0 spiro atoms. The minimum atomic E-state index is -1.96. The van der Waals surface area contributed by atoms with Crippen LogP contribution in [0.15, 0.2) is 146 Å². The fraction of sp³-hybridized carbons (Fsp3) is 0.0476. The topological polar surface area (TPSA) is 235 Å². The first-order valence-corrected chi connectivity index (χ1v) is 38.3. The number of aromatic carboxylic acids is 2. The lowest BCUT2D eigenvalue weighted by atomic mass is 10.2. The van der Waals surface area contributed by atoms with Crippen molar-refractivity contribution in [2.75, 3.05) is 14.1 Å². The number of nitrogens with two attached hydrogens (primary N) is 1. The maximum atomic E-state index is 12.1. The second-order valence-electron chi connectivity index (χ2n) is 13.1. The van der Waals surface area contributed by atoms with Crippen LogP contribution in [0, 0.1) is 0 Å². The summed E-state index contributed by atoms with van der Waals surface area (Å²) in [7, 11) is 3.01. The number of carbonyl (C=O) groups is 4. The highest BCUT2D eigenvalue weighted by molar-refractivity contribution is 9.48. The van der Waals surface area contributed by atoms with Gasteiger partial charge in [-0.2, -0.15) is 0 Å². The monoisotopic (exact) mass is 1140 g/mol. The van der Waals surface area contributed by atoms with Gasteiger partial charge in [0, 0.05) is 28.3 Å². The van der Waals surface area contributed by atoms with Crippen molar-refractivity contribution < 1.29 is 58.9 Å². The Kier molecular flexibility index (Phi) is 19.7. The maximum absolute atomic E-state index is 12.1. The third kappa shape index (κ3) is 14.2. The molecule has 6 aromatic rings. The molecule has 0 aliphatic carbocycles. The Hall–Kier alpha value is -3.84. The summed E-state index contributed by atoms with van der Waals surface area (Å²) in [5, 5.41) is 51.9. The van der Waals surface area contributed by atoms with E-state index >= 15 is 0 Å². The summed E-state index contributed by atoms with van der Waals surface area (Å²) in [4.78, 5) is 44.8. The maximum Gasteiger partial charge on any atom is 0.519 e. The molecule has 2 aliphatic rings. The van der Waals surface area contributed by atoms with Crippen molar-refractivity contribution in [1.29, 1.82) is 0 Å². The van der Waals surface area contributed by atoms with Gasteiger partial charge in [-0.15, -0.1) is 0 Å². The number of aromatic hydroxyl groups is 3. The fourth-order valence-corrected chi connectivity index (χ4v) is 89.9. The summed E-state index contributed by atoms with van der Waals surface area (Å²) in [6.07, 6.45) is -1.54. The summed E-state index contributed by atoms with van der Waals surface area (Å²) < 4.78 is 7.84. The molecule has 2 heterocycles. The van der Waals surface area contributed by atoms with E-state index in [2.05, 4.69) is 11.1 Å². The van der Waals surface area contributed by atoms with E-state index in [1.54, 1.807) is 111 Å². The molecule has 26 heteroatoms. The molecule has 0 radical (unpaired) electrons. The SMILES string of the molecule is CN.CNC(=O)Oc1ccc(P2(=S)SP(=S)(c3ccc(O)cc3)S2)cc1.O=C(O)c1ccccc1O.O=C(Oc1ccc(P2(=S)SP(=S)(c3ccc(O)cc3)S2)cc1)Oc1ccccc1C(=O)O. The largest absolute Gasteiger partial charge is 0.519 e. The molecule has 2 saturated heterocycles. The number of hydrogen-bond acceptors (Lipinski definition) is 19. The van der Waals surface area contributed by atoms with E-state index in [1.165, 1.54) is 44.4 Å². The number of carboxylic acids is 2. The van der Waals surface area contributed by atoms with E-state index in [-0.39, 0.29) is 39.9 Å². The molecule has 68 heavy (non-hydrogen) atoms. The van der Waals surface area contributed by atoms with Crippen molar-refractivity contribution in [3.8, 4) is 34.5 Å². The van der Waals surface area contributed by atoms with Gasteiger partial charge in [-0.25, -0.2) is 19.2 Å². The van der Waals surface area contributed by atoms with Crippen molar-refractivity contribution >= 4 is 154 Å². The first kappa shape index (κ1) is 55.1. The van der Waals surface area contributed by atoms with E-state index in [9.17, 15) is 29.4 Å². The van der Waals surface area contributed by atoms with E-state index < -0.39 is 42.0 Å². The molecular formula is C42H38N2O12P4S8. The van der Waals surface area contributed by atoms with E-state index in [1.807, 2.05) is 48.5 Å². The molecule has 0 atom stereocenters. The predicted molar refractivity (Wildman–Crippen MR) is 295 cm³/mol. The van der Waals surface area contributed by atoms with Gasteiger partial charge in [-0.3, -0.25) is 0 Å². The Morgan fingerprint density at radius 3 is 1.18 bits per heavy atom. The number of amides is 1. The lowest BCUT2D eigenvalue weighted by Crippen LogP contribution is -2.22. The summed E-state index contributed by atoms with van der Waals surface area (Å²) >= 11 is 30.2. The van der Waals surface area contributed by atoms with Crippen LogP contribution >= 0.6 is 61.8 Å². The van der Waals surface area contributed by atoms with Crippen LogP contribution in [0.1, 0.15) is 20.7 Å². The molecule has 0 saturated carbocycles. The molecule has 0 bridgehead atoms. The molecule has 8 N–H and O–H groups in total. The Bertz CT molecular complexity index is 2980. The molecule has 8 rings (SSSR count). The molecule has 14 nitrogen and oxygen atoms in total. The van der Waals surface area contributed by atoms with Crippen LogP contribution in [0.25, 0.3) is 0 Å². The van der Waals surface area contributed by atoms with Crippen LogP contribution in [0.2, 0.25) is 0 Å². The van der Waals surface area contributed by atoms with E-state index in [4.69, 9.17) is 76.8 Å². The molecule has 356 valence electrons. The van der Waals surface area contributed by atoms with Crippen LogP contribution in [0.4, 0.5) is 9.59 Å². The number of benzene rings is 6. The zero-order valence-electron chi connectivity index (χ0n) is 35.1. The van der Waals surface area contributed by atoms with Gasteiger partial charge in [0.1, 0.15) is 45.6 Å². The molecule has 2 fully saturated rings. The number of phenolic OH excluding ortho intramolecular Hbond substituents is 2. The Morgan fingerprint density at radius 1 is 0.485 bits per heavy atom. The third-order valence-electron chi connectivity index (χ3n) is 8.56. The number of phenols is 3. The lowest BCUT2D eigenvalue weighted by molar-refractivity contribution is 0.0681. The Morgan fingerprint density at radius 2 is 0.824 bits per heavy atom. The molecule has 2 aliphatic heterocycles. The average molecular weight is 1140 g/mol. The summed E-state index contributed by atoms with van der Waals surface area (Å²) in [5.41, 5.74) is 4.29. The highest BCUT2D eigenvalue weighted by atomic mass is 33.7. The van der Waals surface area contributed by atoms with Gasteiger partial charge in [-0.1, -0.05) is 115 Å². The van der Waals surface area contributed by atoms with Gasteiger partial charge in [-0.05, 0) is 128 Å². The van der Waals surface area contributed by atoms with Gasteiger partial charge in [0.15, 0.2) is 0 Å². The summed E-state index contributed by atoms with van der Waals surface area (Å²) in [5.74, 6) is -1.45. The number of para-hydroxylation sites is 2. The lowest BCUT2D eigenvalue weighted by Gasteiger charge is -2.40. The third-order valence-corrected chi connectivity index (χ3v) is 71.0. The minimum absolute atomic E-state index is 0.0671.